The molecule has 0 aromatic heterocycles. The molecule has 3 N–H and O–H groups in total. The van der Waals surface area contributed by atoms with Crippen LogP contribution in [0.15, 0.2) is 71.6 Å². The molecule has 0 aliphatic carbocycles. The molecule has 0 aliphatic heterocycles. The van der Waals surface area contributed by atoms with Crippen molar-refractivity contribution in [2.24, 2.45) is 0 Å². The average Bonchev–Trinajstić information content (AvgIpc) is 2.82. The molecule has 0 aliphatic rings. The third-order valence-electron chi connectivity index (χ3n) is 5.02. The van der Waals surface area contributed by atoms with Crippen molar-refractivity contribution in [2.45, 2.75) is 37.3 Å². The van der Waals surface area contributed by atoms with E-state index >= 15 is 0 Å². The molecule has 182 valence electrons. The number of benzene rings is 3. The largest absolute Gasteiger partial charge is 0.506 e. The SMILES string of the molecule is CCC(C(=O)Nc1ccc(NC=O)c(O)c1)S(=O)(=O)c1cccc(C)c1.Cc1ccc(C#N)cc1. The number of aryl methyl sites for hydroxylation is 2. The van der Waals surface area contributed by atoms with Gasteiger partial charge < -0.3 is 15.7 Å². The average molecular weight is 494 g/mol. The number of rotatable bonds is 7. The molecule has 0 fully saturated rings. The fourth-order valence-electron chi connectivity index (χ4n) is 3.15. The van der Waals surface area contributed by atoms with Crippen LogP contribution in [0.4, 0.5) is 11.4 Å². The van der Waals surface area contributed by atoms with Crippen LogP contribution < -0.4 is 10.6 Å². The second-order valence-corrected chi connectivity index (χ2v) is 9.85. The van der Waals surface area contributed by atoms with Crippen molar-refractivity contribution in [3.05, 3.63) is 83.4 Å². The summed E-state index contributed by atoms with van der Waals surface area (Å²) in [6.45, 7) is 5.39. The first-order chi connectivity index (χ1) is 16.6. The van der Waals surface area contributed by atoms with Crippen molar-refractivity contribution in [1.82, 2.24) is 0 Å². The number of nitrogens with zero attached hydrogens (tertiary/aromatic N) is 1. The first-order valence-electron chi connectivity index (χ1n) is 10.7. The fourth-order valence-corrected chi connectivity index (χ4v) is 4.87. The van der Waals surface area contributed by atoms with E-state index in [9.17, 15) is 23.1 Å². The molecular formula is C26H27N3O5S. The Kier molecular flexibility index (Phi) is 9.55. The molecule has 0 saturated heterocycles. The highest BCUT2D eigenvalue weighted by molar-refractivity contribution is 7.92. The van der Waals surface area contributed by atoms with E-state index in [4.69, 9.17) is 5.26 Å². The predicted octanol–water partition coefficient (Wildman–Crippen LogP) is 4.33. The summed E-state index contributed by atoms with van der Waals surface area (Å²) in [7, 11) is -3.85. The molecule has 3 aromatic carbocycles. The zero-order chi connectivity index (χ0) is 26.0. The maximum Gasteiger partial charge on any atom is 0.243 e. The van der Waals surface area contributed by atoms with E-state index in [1.54, 1.807) is 26.0 Å². The number of hydrogen-bond acceptors (Lipinski definition) is 6. The minimum atomic E-state index is -3.85. The number of sulfone groups is 1. The molecule has 3 aromatic rings. The van der Waals surface area contributed by atoms with Crippen LogP contribution in [0.2, 0.25) is 0 Å². The van der Waals surface area contributed by atoms with Crippen LogP contribution in [0.3, 0.4) is 0 Å². The van der Waals surface area contributed by atoms with Gasteiger partial charge in [-0.3, -0.25) is 9.59 Å². The highest BCUT2D eigenvalue weighted by Crippen LogP contribution is 2.27. The van der Waals surface area contributed by atoms with E-state index in [0.717, 1.165) is 11.1 Å². The van der Waals surface area contributed by atoms with Crippen LogP contribution in [0.5, 0.6) is 5.75 Å². The Balaban J connectivity index is 0.000000402. The summed E-state index contributed by atoms with van der Waals surface area (Å²) >= 11 is 0. The lowest BCUT2D eigenvalue weighted by Gasteiger charge is -2.17. The zero-order valence-corrected chi connectivity index (χ0v) is 20.5. The highest BCUT2D eigenvalue weighted by Gasteiger charge is 2.32. The lowest BCUT2D eigenvalue weighted by molar-refractivity contribution is -0.115. The molecule has 9 heteroatoms. The Morgan fingerprint density at radius 1 is 1.06 bits per heavy atom. The number of carbonyl (C=O) groups is 2. The number of phenolic OH excluding ortho intramolecular Hbond substituents is 1. The van der Waals surface area contributed by atoms with Gasteiger partial charge in [-0.05, 0) is 62.2 Å². The molecule has 0 radical (unpaired) electrons. The van der Waals surface area contributed by atoms with Gasteiger partial charge >= 0.3 is 0 Å². The van der Waals surface area contributed by atoms with E-state index in [1.807, 2.05) is 31.2 Å². The minimum Gasteiger partial charge on any atom is -0.506 e. The summed E-state index contributed by atoms with van der Waals surface area (Å²) < 4.78 is 25.6. The molecular weight excluding hydrogens is 466 g/mol. The Morgan fingerprint density at radius 2 is 1.74 bits per heavy atom. The van der Waals surface area contributed by atoms with Gasteiger partial charge in [-0.15, -0.1) is 0 Å². The lowest BCUT2D eigenvalue weighted by atomic mass is 10.2. The van der Waals surface area contributed by atoms with Crippen LogP contribution in [-0.4, -0.2) is 31.1 Å². The van der Waals surface area contributed by atoms with Crippen molar-refractivity contribution >= 4 is 33.5 Å². The molecule has 0 spiro atoms. The number of phenols is 1. The lowest BCUT2D eigenvalue weighted by Crippen LogP contribution is -2.34. The Labute approximate surface area is 205 Å². The molecule has 2 amide bonds. The Hall–Kier alpha value is -4.16. The zero-order valence-electron chi connectivity index (χ0n) is 19.6. The summed E-state index contributed by atoms with van der Waals surface area (Å²) in [5.74, 6) is -0.936. The summed E-state index contributed by atoms with van der Waals surface area (Å²) in [4.78, 5) is 23.0. The smallest absolute Gasteiger partial charge is 0.243 e. The molecule has 1 unspecified atom stereocenters. The number of anilines is 2. The van der Waals surface area contributed by atoms with Gasteiger partial charge in [-0.1, -0.05) is 36.8 Å². The summed E-state index contributed by atoms with van der Waals surface area (Å²) in [6, 6.07) is 20.0. The monoisotopic (exact) mass is 493 g/mol. The molecule has 35 heavy (non-hydrogen) atoms. The third kappa shape index (κ3) is 7.42. The molecule has 0 bridgehead atoms. The number of nitrogens with one attached hydrogen (secondary N) is 2. The van der Waals surface area contributed by atoms with Gasteiger partial charge in [-0.2, -0.15) is 5.26 Å². The first kappa shape index (κ1) is 27.1. The van der Waals surface area contributed by atoms with Crippen molar-refractivity contribution in [2.75, 3.05) is 10.6 Å². The molecule has 1 atom stereocenters. The third-order valence-corrected chi connectivity index (χ3v) is 7.22. The number of nitriles is 1. The van der Waals surface area contributed by atoms with Gasteiger partial charge in [0.2, 0.25) is 12.3 Å². The number of amides is 2. The second-order valence-electron chi connectivity index (χ2n) is 7.72. The van der Waals surface area contributed by atoms with Gasteiger partial charge in [0.05, 0.1) is 22.2 Å². The van der Waals surface area contributed by atoms with Crippen LogP contribution in [-0.2, 0) is 19.4 Å². The quantitative estimate of drug-likeness (QED) is 0.331. The van der Waals surface area contributed by atoms with E-state index in [-0.39, 0.29) is 28.4 Å². The number of aromatic hydroxyl groups is 1. The number of hydrogen-bond donors (Lipinski definition) is 3. The summed E-state index contributed by atoms with van der Waals surface area (Å²) in [5, 5.41) is 21.7. The molecule has 3 rings (SSSR count). The fraction of sp³-hybridized carbons (Fsp3) is 0.192. The minimum absolute atomic E-state index is 0.0906. The molecule has 8 nitrogen and oxygen atoms in total. The Bertz CT molecular complexity index is 1330. The van der Waals surface area contributed by atoms with Crippen molar-refractivity contribution < 1.29 is 23.1 Å². The van der Waals surface area contributed by atoms with E-state index in [0.29, 0.717) is 6.41 Å². The Morgan fingerprint density at radius 3 is 2.29 bits per heavy atom. The van der Waals surface area contributed by atoms with Crippen LogP contribution in [0.1, 0.15) is 30.0 Å². The van der Waals surface area contributed by atoms with Crippen LogP contribution in [0, 0.1) is 25.2 Å². The second kappa shape index (κ2) is 12.3. The maximum atomic E-state index is 12.8. The van der Waals surface area contributed by atoms with Gasteiger partial charge in [0.15, 0.2) is 9.84 Å². The normalized spacial score (nSPS) is 11.3. The first-order valence-corrected chi connectivity index (χ1v) is 12.3. The highest BCUT2D eigenvalue weighted by atomic mass is 32.2. The van der Waals surface area contributed by atoms with Crippen LogP contribution in [0.25, 0.3) is 0 Å². The molecule has 0 heterocycles. The molecule has 0 saturated carbocycles. The summed E-state index contributed by atoms with van der Waals surface area (Å²) in [5.41, 5.74) is 3.10. The van der Waals surface area contributed by atoms with Crippen LogP contribution >= 0.6 is 0 Å². The van der Waals surface area contributed by atoms with E-state index in [1.165, 1.54) is 35.9 Å². The summed E-state index contributed by atoms with van der Waals surface area (Å²) in [6.07, 6.45) is 0.508. The van der Waals surface area contributed by atoms with Crippen molar-refractivity contribution in [1.29, 1.82) is 5.26 Å². The standard InChI is InChI=1S/C18H20N2O5S.C8H7N/c1-3-17(26(24,25)14-6-4-5-12(2)9-14)18(23)20-13-7-8-15(19-11-21)16(22)10-13;1-7-2-4-8(6-9)5-3-7/h4-11,17,22H,3H2,1-2H3,(H,19,21)(H,20,23);2-5H,1H3. The van der Waals surface area contributed by atoms with Crippen molar-refractivity contribution in [3.8, 4) is 11.8 Å². The van der Waals surface area contributed by atoms with Gasteiger partial charge in [0.1, 0.15) is 11.0 Å². The van der Waals surface area contributed by atoms with E-state index in [2.05, 4.69) is 16.7 Å². The van der Waals surface area contributed by atoms with Crippen molar-refractivity contribution in [3.63, 3.8) is 0 Å². The van der Waals surface area contributed by atoms with Gasteiger partial charge in [0.25, 0.3) is 0 Å². The number of carbonyl (C=O) groups excluding carboxylic acids is 2. The topological polar surface area (TPSA) is 136 Å². The van der Waals surface area contributed by atoms with Gasteiger partial charge in [-0.25, -0.2) is 8.42 Å². The van der Waals surface area contributed by atoms with Gasteiger partial charge in [0, 0.05) is 11.8 Å². The van der Waals surface area contributed by atoms with E-state index < -0.39 is 21.0 Å². The predicted molar refractivity (Wildman–Crippen MR) is 135 cm³/mol. The maximum absolute atomic E-state index is 12.8.